The van der Waals surface area contributed by atoms with Gasteiger partial charge in [-0.2, -0.15) is 10.2 Å². The molecular formula is C24H24N6O2. The third-order valence-electron chi connectivity index (χ3n) is 4.17. The molecule has 0 aliphatic carbocycles. The highest BCUT2D eigenvalue weighted by Crippen LogP contribution is 2.04. The first-order valence-electron chi connectivity index (χ1n) is 10.0. The van der Waals surface area contributed by atoms with E-state index in [0.717, 1.165) is 22.5 Å². The molecule has 3 rings (SSSR count). The van der Waals surface area contributed by atoms with E-state index >= 15 is 0 Å². The van der Waals surface area contributed by atoms with E-state index in [9.17, 15) is 9.59 Å². The highest BCUT2D eigenvalue weighted by Gasteiger charge is 2.00. The van der Waals surface area contributed by atoms with Gasteiger partial charge in [0.1, 0.15) is 0 Å². The molecule has 0 aromatic heterocycles. The van der Waals surface area contributed by atoms with Gasteiger partial charge in [-0.25, -0.2) is 10.9 Å². The molecule has 2 amide bonds. The van der Waals surface area contributed by atoms with Crippen LogP contribution in [0.1, 0.15) is 11.1 Å². The van der Waals surface area contributed by atoms with Crippen molar-refractivity contribution < 1.29 is 9.59 Å². The number of anilines is 2. The Morgan fingerprint density at radius 2 is 1.06 bits per heavy atom. The van der Waals surface area contributed by atoms with Crippen molar-refractivity contribution >= 4 is 35.6 Å². The fourth-order valence-electron chi connectivity index (χ4n) is 2.63. The molecule has 3 aromatic carbocycles. The number of carbonyl (C=O) groups excluding carboxylic acids is 2. The van der Waals surface area contributed by atoms with E-state index < -0.39 is 0 Å². The second-order valence-electron chi connectivity index (χ2n) is 6.70. The lowest BCUT2D eigenvalue weighted by Gasteiger charge is -2.04. The SMILES string of the molecule is O=C(CNc1ccccc1)N/N=C/c1cccc(/C=N/NC(=O)CNc2ccccc2)c1. The standard InChI is InChI=1S/C24H24N6O2/c31-23(17-25-21-10-3-1-4-11-21)29-27-15-19-8-7-9-20(14-19)16-28-30-24(32)18-26-22-12-5-2-6-13-22/h1-16,25-26H,17-18H2,(H,29,31)(H,30,32)/b27-15+,28-16+. The number of hydrazone groups is 2. The minimum Gasteiger partial charge on any atom is -0.376 e. The summed E-state index contributed by atoms with van der Waals surface area (Å²) >= 11 is 0. The number of rotatable bonds is 10. The van der Waals surface area contributed by atoms with Gasteiger partial charge in [0.25, 0.3) is 11.8 Å². The van der Waals surface area contributed by atoms with E-state index in [4.69, 9.17) is 0 Å². The molecule has 0 spiro atoms. The molecule has 0 radical (unpaired) electrons. The van der Waals surface area contributed by atoms with Crippen molar-refractivity contribution in [2.75, 3.05) is 23.7 Å². The zero-order chi connectivity index (χ0) is 22.4. The molecular weight excluding hydrogens is 404 g/mol. The molecule has 0 fully saturated rings. The highest BCUT2D eigenvalue weighted by atomic mass is 16.2. The van der Waals surface area contributed by atoms with Crippen LogP contribution in [0.3, 0.4) is 0 Å². The average molecular weight is 428 g/mol. The molecule has 0 unspecified atom stereocenters. The molecule has 0 heterocycles. The summed E-state index contributed by atoms with van der Waals surface area (Å²) in [6.07, 6.45) is 3.08. The van der Waals surface area contributed by atoms with Crippen LogP contribution in [0.15, 0.2) is 95.1 Å². The van der Waals surface area contributed by atoms with Crippen LogP contribution in [0, 0.1) is 0 Å². The molecule has 162 valence electrons. The van der Waals surface area contributed by atoms with Gasteiger partial charge in [0.15, 0.2) is 0 Å². The summed E-state index contributed by atoms with van der Waals surface area (Å²) < 4.78 is 0. The van der Waals surface area contributed by atoms with E-state index in [0.29, 0.717) is 0 Å². The molecule has 4 N–H and O–H groups in total. The van der Waals surface area contributed by atoms with Crippen LogP contribution in [-0.2, 0) is 9.59 Å². The maximum absolute atomic E-state index is 11.9. The molecule has 0 saturated carbocycles. The predicted octanol–water partition coefficient (Wildman–Crippen LogP) is 2.81. The van der Waals surface area contributed by atoms with Gasteiger partial charge in [-0.15, -0.1) is 0 Å². The maximum atomic E-state index is 11.9. The molecule has 8 nitrogen and oxygen atoms in total. The Morgan fingerprint density at radius 3 is 1.50 bits per heavy atom. The van der Waals surface area contributed by atoms with Crippen LogP contribution in [0.4, 0.5) is 11.4 Å². The van der Waals surface area contributed by atoms with E-state index in [-0.39, 0.29) is 24.9 Å². The lowest BCUT2D eigenvalue weighted by Crippen LogP contribution is -2.26. The summed E-state index contributed by atoms with van der Waals surface area (Å²) in [6.45, 7) is 0.236. The van der Waals surface area contributed by atoms with Gasteiger partial charge in [-0.3, -0.25) is 9.59 Å². The zero-order valence-corrected chi connectivity index (χ0v) is 17.4. The minimum atomic E-state index is -0.255. The first-order valence-corrected chi connectivity index (χ1v) is 10.0. The molecule has 0 saturated heterocycles. The van der Waals surface area contributed by atoms with Gasteiger partial charge in [0.05, 0.1) is 25.5 Å². The number of nitrogens with zero attached hydrogens (tertiary/aromatic N) is 2. The normalized spacial score (nSPS) is 10.8. The number of benzene rings is 3. The summed E-state index contributed by atoms with van der Waals surface area (Å²) in [5.41, 5.74) is 8.24. The lowest BCUT2D eigenvalue weighted by molar-refractivity contribution is -0.120. The second-order valence-corrected chi connectivity index (χ2v) is 6.70. The summed E-state index contributed by atoms with van der Waals surface area (Å²) in [6, 6.07) is 26.3. The predicted molar refractivity (Wildman–Crippen MR) is 128 cm³/mol. The maximum Gasteiger partial charge on any atom is 0.259 e. The fraction of sp³-hybridized carbons (Fsp3) is 0.0833. The van der Waals surface area contributed by atoms with Gasteiger partial charge in [-0.1, -0.05) is 54.6 Å². The van der Waals surface area contributed by atoms with Crippen LogP contribution in [0.5, 0.6) is 0 Å². The Hall–Kier alpha value is -4.46. The van der Waals surface area contributed by atoms with E-state index in [1.54, 1.807) is 12.4 Å². The van der Waals surface area contributed by atoms with Gasteiger partial charge in [-0.05, 0) is 41.5 Å². The summed E-state index contributed by atoms with van der Waals surface area (Å²) in [5, 5.41) is 14.0. The van der Waals surface area contributed by atoms with Gasteiger partial charge in [0, 0.05) is 11.4 Å². The molecule has 0 aliphatic heterocycles. The van der Waals surface area contributed by atoms with Crippen LogP contribution in [0.25, 0.3) is 0 Å². The van der Waals surface area contributed by atoms with E-state index in [1.165, 1.54) is 0 Å². The fourth-order valence-corrected chi connectivity index (χ4v) is 2.63. The van der Waals surface area contributed by atoms with Crippen molar-refractivity contribution in [3.05, 3.63) is 96.1 Å². The van der Waals surface area contributed by atoms with Gasteiger partial charge >= 0.3 is 0 Å². The second kappa shape index (κ2) is 12.3. The van der Waals surface area contributed by atoms with Gasteiger partial charge < -0.3 is 10.6 Å². The van der Waals surface area contributed by atoms with Crippen molar-refractivity contribution in [2.45, 2.75) is 0 Å². The Kier molecular flexibility index (Phi) is 8.53. The van der Waals surface area contributed by atoms with Crippen molar-refractivity contribution in [1.82, 2.24) is 10.9 Å². The highest BCUT2D eigenvalue weighted by molar-refractivity contribution is 5.88. The minimum absolute atomic E-state index is 0.118. The Labute approximate surface area is 186 Å². The summed E-state index contributed by atoms with van der Waals surface area (Å²) in [4.78, 5) is 23.7. The third kappa shape index (κ3) is 8.11. The van der Waals surface area contributed by atoms with Crippen molar-refractivity contribution in [1.29, 1.82) is 0 Å². The van der Waals surface area contributed by atoms with Gasteiger partial charge in [0.2, 0.25) is 0 Å². The number of nitrogens with one attached hydrogen (secondary N) is 4. The number of para-hydroxylation sites is 2. The van der Waals surface area contributed by atoms with Crippen LogP contribution >= 0.6 is 0 Å². The average Bonchev–Trinajstić information content (AvgIpc) is 2.83. The number of hydrogen-bond acceptors (Lipinski definition) is 6. The molecule has 0 bridgehead atoms. The zero-order valence-electron chi connectivity index (χ0n) is 17.4. The first kappa shape index (κ1) is 22.2. The Balaban J connectivity index is 1.41. The van der Waals surface area contributed by atoms with Crippen molar-refractivity contribution in [2.24, 2.45) is 10.2 Å². The summed E-state index contributed by atoms with van der Waals surface area (Å²) in [5.74, 6) is -0.510. The number of carbonyl (C=O) groups is 2. The molecule has 0 aliphatic rings. The largest absolute Gasteiger partial charge is 0.376 e. The Bertz CT molecular complexity index is 985. The molecule has 3 aromatic rings. The smallest absolute Gasteiger partial charge is 0.259 e. The van der Waals surface area contributed by atoms with E-state index in [1.807, 2.05) is 84.9 Å². The van der Waals surface area contributed by atoms with Crippen LogP contribution in [-0.4, -0.2) is 37.3 Å². The molecule has 8 heteroatoms. The van der Waals surface area contributed by atoms with Crippen molar-refractivity contribution in [3.63, 3.8) is 0 Å². The quantitative estimate of drug-likeness (QED) is 0.294. The summed E-state index contributed by atoms with van der Waals surface area (Å²) in [7, 11) is 0. The molecule has 32 heavy (non-hydrogen) atoms. The van der Waals surface area contributed by atoms with E-state index in [2.05, 4.69) is 31.7 Å². The topological polar surface area (TPSA) is 107 Å². The first-order chi connectivity index (χ1) is 15.7. The molecule has 0 atom stereocenters. The number of amides is 2. The Morgan fingerprint density at radius 1 is 0.625 bits per heavy atom. The van der Waals surface area contributed by atoms with Crippen LogP contribution < -0.4 is 21.5 Å². The third-order valence-corrected chi connectivity index (χ3v) is 4.17. The van der Waals surface area contributed by atoms with Crippen molar-refractivity contribution in [3.8, 4) is 0 Å². The lowest BCUT2D eigenvalue weighted by atomic mass is 10.1. The monoisotopic (exact) mass is 428 g/mol. The number of hydrogen-bond donors (Lipinski definition) is 4. The van der Waals surface area contributed by atoms with Crippen LogP contribution in [0.2, 0.25) is 0 Å².